The highest BCUT2D eigenvalue weighted by Gasteiger charge is 2.17. The second kappa shape index (κ2) is 9.05. The van der Waals surface area contributed by atoms with Crippen molar-refractivity contribution in [2.75, 3.05) is 4.72 Å². The molecule has 0 radical (unpaired) electrons. The Morgan fingerprint density at radius 3 is 2.35 bits per heavy atom. The largest absolute Gasteiger partial charge is 0.481 e. The first kappa shape index (κ1) is 22.1. The third-order valence-electron chi connectivity index (χ3n) is 4.57. The van der Waals surface area contributed by atoms with Gasteiger partial charge in [0.1, 0.15) is 5.82 Å². The number of halogens is 1. The highest BCUT2D eigenvalue weighted by atomic mass is 32.2. The van der Waals surface area contributed by atoms with Gasteiger partial charge in [-0.25, -0.2) is 12.8 Å². The molecule has 9 heteroatoms. The molecule has 0 atom stereocenters. The van der Waals surface area contributed by atoms with E-state index < -0.39 is 21.8 Å². The quantitative estimate of drug-likeness (QED) is 0.509. The molecule has 0 aliphatic heterocycles. The van der Waals surface area contributed by atoms with E-state index >= 15 is 0 Å². The smallest absolute Gasteiger partial charge is 0.303 e. The number of pyridine rings is 1. The molecule has 160 valence electrons. The number of aromatic nitrogens is 1. The van der Waals surface area contributed by atoms with E-state index in [4.69, 9.17) is 5.11 Å². The summed E-state index contributed by atoms with van der Waals surface area (Å²) in [6.07, 6.45) is 2.10. The van der Waals surface area contributed by atoms with Gasteiger partial charge >= 0.3 is 5.97 Å². The van der Waals surface area contributed by atoms with Gasteiger partial charge in [0.25, 0.3) is 10.0 Å². The number of Topliss-reactive ketones (excluding diaryl/α,β-unsaturated/α-hetero) is 1. The molecule has 0 saturated heterocycles. The summed E-state index contributed by atoms with van der Waals surface area (Å²) < 4.78 is 41.6. The van der Waals surface area contributed by atoms with Crippen LogP contribution in [0.2, 0.25) is 0 Å². The van der Waals surface area contributed by atoms with E-state index in [1.807, 2.05) is 0 Å². The van der Waals surface area contributed by atoms with Gasteiger partial charge in [0, 0.05) is 23.7 Å². The molecule has 1 heterocycles. The summed E-state index contributed by atoms with van der Waals surface area (Å²) in [5.41, 5.74) is 2.32. The van der Waals surface area contributed by atoms with Crippen LogP contribution in [0, 0.1) is 12.7 Å². The Balaban J connectivity index is 1.83. The number of carboxylic acids is 1. The summed E-state index contributed by atoms with van der Waals surface area (Å²) >= 11 is 0. The van der Waals surface area contributed by atoms with Crippen LogP contribution in [0.5, 0.6) is 0 Å². The number of hydrogen-bond donors (Lipinski definition) is 2. The fourth-order valence-electron chi connectivity index (χ4n) is 2.87. The molecular formula is C22H19FN2O5S. The minimum absolute atomic E-state index is 0.0560. The predicted octanol–water partition coefficient (Wildman–Crippen LogP) is 4.04. The van der Waals surface area contributed by atoms with Crippen LogP contribution in [0.15, 0.2) is 65.8 Å². The first-order valence-electron chi connectivity index (χ1n) is 9.25. The summed E-state index contributed by atoms with van der Waals surface area (Å²) in [6, 6.07) is 11.6. The molecule has 3 rings (SSSR count). The van der Waals surface area contributed by atoms with Crippen molar-refractivity contribution in [2.45, 2.75) is 24.7 Å². The van der Waals surface area contributed by atoms with Crippen LogP contribution < -0.4 is 4.72 Å². The number of anilines is 1. The fraction of sp³-hybridized carbons (Fsp3) is 0.136. The summed E-state index contributed by atoms with van der Waals surface area (Å²) in [5, 5.41) is 8.67. The molecule has 31 heavy (non-hydrogen) atoms. The van der Waals surface area contributed by atoms with Gasteiger partial charge < -0.3 is 5.11 Å². The third-order valence-corrected chi connectivity index (χ3v) is 5.95. The lowest BCUT2D eigenvalue weighted by Crippen LogP contribution is -2.14. The van der Waals surface area contributed by atoms with Crippen molar-refractivity contribution in [1.82, 2.24) is 4.98 Å². The van der Waals surface area contributed by atoms with Gasteiger partial charge in [-0.15, -0.1) is 0 Å². The average molecular weight is 442 g/mol. The van der Waals surface area contributed by atoms with E-state index in [9.17, 15) is 22.4 Å². The summed E-state index contributed by atoms with van der Waals surface area (Å²) in [4.78, 5) is 26.3. The lowest BCUT2D eigenvalue weighted by molar-refractivity contribution is -0.136. The number of aliphatic carboxylic acids is 1. The number of sulfonamides is 1. The number of nitrogens with zero attached hydrogens (tertiary/aromatic N) is 1. The minimum atomic E-state index is -3.96. The maximum absolute atomic E-state index is 13.5. The molecule has 3 aromatic rings. The van der Waals surface area contributed by atoms with Crippen molar-refractivity contribution in [1.29, 1.82) is 0 Å². The molecule has 2 aromatic carbocycles. The number of carboxylic acid groups (broad SMARTS) is 1. The second-order valence-corrected chi connectivity index (χ2v) is 8.55. The number of carbonyl (C=O) groups is 2. The van der Waals surface area contributed by atoms with E-state index in [1.165, 1.54) is 36.5 Å². The molecular weight excluding hydrogens is 423 g/mol. The van der Waals surface area contributed by atoms with Crippen LogP contribution in [-0.2, 0) is 14.8 Å². The zero-order chi connectivity index (χ0) is 22.6. The molecule has 0 saturated carbocycles. The second-order valence-electron chi connectivity index (χ2n) is 6.87. The summed E-state index contributed by atoms with van der Waals surface area (Å²) in [7, 11) is -3.96. The van der Waals surface area contributed by atoms with Gasteiger partial charge in [0.15, 0.2) is 5.78 Å². The topological polar surface area (TPSA) is 113 Å². The third kappa shape index (κ3) is 5.52. The van der Waals surface area contributed by atoms with Gasteiger partial charge in [-0.05, 0) is 42.3 Å². The SMILES string of the molecule is Cc1ccc(-c2cncc(F)c2)cc1NS(=O)(=O)c1ccc(C(=O)CCC(=O)O)cc1. The Labute approximate surface area is 178 Å². The molecule has 0 unspecified atom stereocenters. The van der Waals surface area contributed by atoms with Gasteiger partial charge in [-0.1, -0.05) is 24.3 Å². The number of carbonyl (C=O) groups excluding carboxylic acids is 1. The van der Waals surface area contributed by atoms with Crippen LogP contribution in [-0.4, -0.2) is 30.3 Å². The molecule has 0 amide bonds. The van der Waals surface area contributed by atoms with Crippen molar-refractivity contribution in [3.8, 4) is 11.1 Å². The first-order valence-corrected chi connectivity index (χ1v) is 10.7. The predicted molar refractivity (Wildman–Crippen MR) is 113 cm³/mol. The molecule has 0 fully saturated rings. The fourth-order valence-corrected chi connectivity index (χ4v) is 3.99. The number of hydrogen-bond acceptors (Lipinski definition) is 5. The van der Waals surface area contributed by atoms with E-state index in [1.54, 1.807) is 25.1 Å². The van der Waals surface area contributed by atoms with Crippen molar-refractivity contribution in [2.24, 2.45) is 0 Å². The highest BCUT2D eigenvalue weighted by molar-refractivity contribution is 7.92. The Hall–Kier alpha value is -3.59. The van der Waals surface area contributed by atoms with Crippen LogP contribution in [0.1, 0.15) is 28.8 Å². The standard InChI is InChI=1S/C22H19FN2O5S/c1-14-2-3-16(17-10-18(23)13-24-12-17)11-20(14)25-31(29,30)19-6-4-15(5-7-19)21(26)8-9-22(27)28/h2-7,10-13,25H,8-9H2,1H3,(H,27,28). The molecule has 7 nitrogen and oxygen atoms in total. The maximum atomic E-state index is 13.5. The Kier molecular flexibility index (Phi) is 6.45. The summed E-state index contributed by atoms with van der Waals surface area (Å²) in [6.45, 7) is 1.73. The molecule has 0 bridgehead atoms. The van der Waals surface area contributed by atoms with E-state index in [-0.39, 0.29) is 29.1 Å². The van der Waals surface area contributed by atoms with Crippen LogP contribution in [0.25, 0.3) is 11.1 Å². The first-order chi connectivity index (χ1) is 14.7. The number of nitrogens with one attached hydrogen (secondary N) is 1. The minimum Gasteiger partial charge on any atom is -0.481 e. The van der Waals surface area contributed by atoms with Gasteiger partial charge in [-0.2, -0.15) is 0 Å². The van der Waals surface area contributed by atoms with E-state index in [0.717, 1.165) is 6.20 Å². The average Bonchev–Trinajstić information content (AvgIpc) is 2.73. The lowest BCUT2D eigenvalue weighted by Gasteiger charge is -2.13. The normalized spacial score (nSPS) is 11.2. The van der Waals surface area contributed by atoms with Gasteiger partial charge in [0.05, 0.1) is 23.2 Å². The molecule has 2 N–H and O–H groups in total. The monoisotopic (exact) mass is 442 g/mol. The van der Waals surface area contributed by atoms with Gasteiger partial charge in [-0.3, -0.25) is 19.3 Å². The zero-order valence-electron chi connectivity index (χ0n) is 16.5. The molecule has 0 aliphatic rings. The van der Waals surface area contributed by atoms with Gasteiger partial charge in [0.2, 0.25) is 0 Å². The van der Waals surface area contributed by atoms with Crippen molar-refractivity contribution in [3.63, 3.8) is 0 Å². The Morgan fingerprint density at radius 2 is 1.71 bits per heavy atom. The van der Waals surface area contributed by atoms with E-state index in [2.05, 4.69) is 9.71 Å². The van der Waals surface area contributed by atoms with Crippen molar-refractivity contribution < 1.29 is 27.5 Å². The number of ketones is 1. The van der Waals surface area contributed by atoms with Crippen LogP contribution in [0.4, 0.5) is 10.1 Å². The van der Waals surface area contributed by atoms with Crippen molar-refractivity contribution >= 4 is 27.5 Å². The molecule has 0 spiro atoms. The molecule has 1 aromatic heterocycles. The van der Waals surface area contributed by atoms with Crippen LogP contribution in [0.3, 0.4) is 0 Å². The van der Waals surface area contributed by atoms with Crippen LogP contribution >= 0.6 is 0 Å². The number of benzene rings is 2. The number of aryl methyl sites for hydroxylation is 1. The highest BCUT2D eigenvalue weighted by Crippen LogP contribution is 2.27. The Morgan fingerprint density at radius 1 is 1.00 bits per heavy atom. The molecule has 0 aliphatic carbocycles. The maximum Gasteiger partial charge on any atom is 0.303 e. The zero-order valence-corrected chi connectivity index (χ0v) is 17.3. The summed E-state index contributed by atoms with van der Waals surface area (Å²) in [5.74, 6) is -1.96. The Bertz CT molecular complexity index is 1240. The van der Waals surface area contributed by atoms with Crippen molar-refractivity contribution in [3.05, 3.63) is 77.9 Å². The van der Waals surface area contributed by atoms with E-state index in [0.29, 0.717) is 22.4 Å². The number of rotatable bonds is 8. The lowest BCUT2D eigenvalue weighted by atomic mass is 10.0.